The first kappa shape index (κ1) is 7.55. The maximum Gasteiger partial charge on any atom is 0.0282 e. The van der Waals surface area contributed by atoms with E-state index >= 15 is 0 Å². The van der Waals surface area contributed by atoms with Gasteiger partial charge in [-0.15, -0.1) is 0 Å². The molecule has 0 spiro atoms. The third-order valence-corrected chi connectivity index (χ3v) is 1.95. The van der Waals surface area contributed by atoms with Gasteiger partial charge in [-0.2, -0.15) is 0 Å². The monoisotopic (exact) mass is 136 g/mol. The van der Waals surface area contributed by atoms with E-state index in [4.69, 9.17) is 0 Å². The molecule has 0 saturated carbocycles. The Bertz CT molecular complexity index is 166. The summed E-state index contributed by atoms with van der Waals surface area (Å²) in [5.74, 6) is 0. The summed E-state index contributed by atoms with van der Waals surface area (Å²) >= 11 is 0. The number of hydrogen-bond donors (Lipinski definition) is 0. The molecule has 1 aliphatic carbocycles. The topological polar surface area (TPSA) is 3.24 Å². The van der Waals surface area contributed by atoms with E-state index in [0.717, 1.165) is 0 Å². The van der Waals surface area contributed by atoms with E-state index in [2.05, 4.69) is 50.6 Å². The SMILES string of the molecule is C[C@@H](C1=CC=C[CH]1)N(C)C. The molecule has 0 saturated heterocycles. The van der Waals surface area contributed by atoms with Crippen molar-refractivity contribution >= 4 is 0 Å². The fraction of sp³-hybridized carbons (Fsp3) is 0.444. The van der Waals surface area contributed by atoms with Crippen molar-refractivity contribution in [1.82, 2.24) is 4.90 Å². The molecule has 0 N–H and O–H groups in total. The quantitative estimate of drug-likeness (QED) is 0.557. The summed E-state index contributed by atoms with van der Waals surface area (Å²) in [6, 6.07) is 0.537. The predicted octanol–water partition coefficient (Wildman–Crippen LogP) is 1.64. The van der Waals surface area contributed by atoms with Crippen LogP contribution in [0.15, 0.2) is 23.8 Å². The molecule has 0 fully saturated rings. The summed E-state index contributed by atoms with van der Waals surface area (Å²) in [5, 5.41) is 0. The van der Waals surface area contributed by atoms with E-state index in [0.29, 0.717) is 6.04 Å². The fourth-order valence-electron chi connectivity index (χ4n) is 0.966. The molecule has 1 heteroatoms. The highest BCUT2D eigenvalue weighted by molar-refractivity contribution is 5.36. The summed E-state index contributed by atoms with van der Waals surface area (Å²) in [7, 11) is 4.19. The summed E-state index contributed by atoms with van der Waals surface area (Å²) in [6.07, 6.45) is 8.47. The van der Waals surface area contributed by atoms with Gasteiger partial charge in [0, 0.05) is 12.5 Å². The molecular formula is C9H14N. The summed E-state index contributed by atoms with van der Waals surface area (Å²) in [4.78, 5) is 2.20. The van der Waals surface area contributed by atoms with Gasteiger partial charge < -0.3 is 4.90 Å². The molecule has 1 atom stereocenters. The fourth-order valence-corrected chi connectivity index (χ4v) is 0.966. The zero-order chi connectivity index (χ0) is 7.56. The van der Waals surface area contributed by atoms with Crippen LogP contribution >= 0.6 is 0 Å². The van der Waals surface area contributed by atoms with Crippen LogP contribution in [-0.2, 0) is 0 Å². The molecule has 1 radical (unpaired) electrons. The van der Waals surface area contributed by atoms with Crippen molar-refractivity contribution < 1.29 is 0 Å². The number of allylic oxidation sites excluding steroid dienone is 3. The minimum atomic E-state index is 0.537. The molecule has 1 rings (SSSR count). The van der Waals surface area contributed by atoms with Crippen LogP contribution in [-0.4, -0.2) is 25.0 Å². The molecule has 0 amide bonds. The first-order valence-corrected chi connectivity index (χ1v) is 3.60. The van der Waals surface area contributed by atoms with Crippen LogP contribution in [0.1, 0.15) is 6.92 Å². The Morgan fingerprint density at radius 2 is 2.00 bits per heavy atom. The molecule has 1 aliphatic rings. The van der Waals surface area contributed by atoms with Gasteiger partial charge in [0.25, 0.3) is 0 Å². The average Bonchev–Trinajstić information content (AvgIpc) is 2.36. The molecule has 0 unspecified atom stereocenters. The molecule has 0 aromatic heterocycles. The Kier molecular flexibility index (Phi) is 2.28. The van der Waals surface area contributed by atoms with E-state index in [-0.39, 0.29) is 0 Å². The summed E-state index contributed by atoms with van der Waals surface area (Å²) in [5.41, 5.74) is 1.39. The maximum absolute atomic E-state index is 2.20. The van der Waals surface area contributed by atoms with Gasteiger partial charge >= 0.3 is 0 Å². The van der Waals surface area contributed by atoms with Crippen LogP contribution in [0.4, 0.5) is 0 Å². The standard InChI is InChI=1S/C9H14N/c1-8(10(2)3)9-6-4-5-7-9/h4-8H,1-3H3/t8-/m0/s1. The number of rotatable bonds is 2. The van der Waals surface area contributed by atoms with E-state index in [1.807, 2.05) is 0 Å². The third-order valence-electron chi connectivity index (χ3n) is 1.95. The van der Waals surface area contributed by atoms with Crippen LogP contribution < -0.4 is 0 Å². The zero-order valence-corrected chi connectivity index (χ0v) is 6.83. The van der Waals surface area contributed by atoms with Crippen molar-refractivity contribution in [3.8, 4) is 0 Å². The zero-order valence-electron chi connectivity index (χ0n) is 6.83. The second kappa shape index (κ2) is 3.02. The highest BCUT2D eigenvalue weighted by atomic mass is 15.1. The second-order valence-electron chi connectivity index (χ2n) is 2.86. The lowest BCUT2D eigenvalue weighted by atomic mass is 10.1. The lowest BCUT2D eigenvalue weighted by Crippen LogP contribution is -2.26. The third kappa shape index (κ3) is 1.48. The first-order valence-electron chi connectivity index (χ1n) is 3.60. The van der Waals surface area contributed by atoms with Gasteiger partial charge in [0.1, 0.15) is 0 Å². The van der Waals surface area contributed by atoms with Gasteiger partial charge in [0.15, 0.2) is 0 Å². The molecule has 1 nitrogen and oxygen atoms in total. The van der Waals surface area contributed by atoms with E-state index in [1.54, 1.807) is 0 Å². The van der Waals surface area contributed by atoms with Crippen molar-refractivity contribution in [1.29, 1.82) is 0 Å². The van der Waals surface area contributed by atoms with Crippen molar-refractivity contribution in [3.05, 3.63) is 30.2 Å². The summed E-state index contributed by atoms with van der Waals surface area (Å²) < 4.78 is 0. The normalized spacial score (nSPS) is 19.8. The van der Waals surface area contributed by atoms with Crippen LogP contribution in [0, 0.1) is 6.42 Å². The van der Waals surface area contributed by atoms with E-state index in [1.165, 1.54) is 5.57 Å². The number of likely N-dealkylation sites (N-methyl/N-ethyl adjacent to an activating group) is 1. The Hall–Kier alpha value is -0.560. The molecule has 0 bridgehead atoms. The van der Waals surface area contributed by atoms with E-state index < -0.39 is 0 Å². The average molecular weight is 136 g/mol. The second-order valence-corrected chi connectivity index (χ2v) is 2.86. The minimum Gasteiger partial charge on any atom is -0.303 e. The Balaban J connectivity index is 2.50. The van der Waals surface area contributed by atoms with Gasteiger partial charge in [-0.1, -0.05) is 18.2 Å². The molecule has 10 heavy (non-hydrogen) atoms. The first-order chi connectivity index (χ1) is 4.72. The highest BCUT2D eigenvalue weighted by Crippen LogP contribution is 2.15. The lowest BCUT2D eigenvalue weighted by molar-refractivity contribution is 0.353. The minimum absolute atomic E-state index is 0.537. The van der Waals surface area contributed by atoms with Gasteiger partial charge in [-0.25, -0.2) is 0 Å². The largest absolute Gasteiger partial charge is 0.303 e. The van der Waals surface area contributed by atoms with Crippen molar-refractivity contribution in [3.63, 3.8) is 0 Å². The number of hydrogen-bond acceptors (Lipinski definition) is 1. The molecular weight excluding hydrogens is 122 g/mol. The Morgan fingerprint density at radius 1 is 1.30 bits per heavy atom. The number of nitrogens with zero attached hydrogens (tertiary/aromatic N) is 1. The molecule has 55 valence electrons. The highest BCUT2D eigenvalue weighted by Gasteiger charge is 2.10. The van der Waals surface area contributed by atoms with Crippen LogP contribution in [0.5, 0.6) is 0 Å². The van der Waals surface area contributed by atoms with Crippen molar-refractivity contribution in [2.24, 2.45) is 0 Å². The molecule has 0 heterocycles. The Labute approximate surface area is 63.0 Å². The van der Waals surface area contributed by atoms with Crippen molar-refractivity contribution in [2.75, 3.05) is 14.1 Å². The summed E-state index contributed by atoms with van der Waals surface area (Å²) in [6.45, 7) is 2.20. The van der Waals surface area contributed by atoms with Crippen molar-refractivity contribution in [2.45, 2.75) is 13.0 Å². The van der Waals surface area contributed by atoms with Gasteiger partial charge in [-0.3, -0.25) is 0 Å². The van der Waals surface area contributed by atoms with Gasteiger partial charge in [0.05, 0.1) is 0 Å². The van der Waals surface area contributed by atoms with Crippen LogP contribution in [0.3, 0.4) is 0 Å². The van der Waals surface area contributed by atoms with Crippen LogP contribution in [0.2, 0.25) is 0 Å². The molecule has 0 aliphatic heterocycles. The Morgan fingerprint density at radius 3 is 2.40 bits per heavy atom. The lowest BCUT2D eigenvalue weighted by Gasteiger charge is -2.20. The van der Waals surface area contributed by atoms with Gasteiger partial charge in [-0.05, 0) is 26.6 Å². The predicted molar refractivity (Wildman–Crippen MR) is 44.7 cm³/mol. The molecule has 0 aromatic carbocycles. The maximum atomic E-state index is 2.20. The van der Waals surface area contributed by atoms with Crippen LogP contribution in [0.25, 0.3) is 0 Å². The molecule has 0 aromatic rings. The smallest absolute Gasteiger partial charge is 0.0282 e. The van der Waals surface area contributed by atoms with Gasteiger partial charge in [0.2, 0.25) is 0 Å². The van der Waals surface area contributed by atoms with E-state index in [9.17, 15) is 0 Å².